The van der Waals surface area contributed by atoms with Crippen LogP contribution in [-0.2, 0) is 28.7 Å². The number of nitrogens with two attached hydrogens (primary N) is 1. The van der Waals surface area contributed by atoms with E-state index < -0.39 is 58.0 Å². The Morgan fingerprint density at radius 3 is 2.75 bits per heavy atom. The number of halogens is 4. The Balaban J connectivity index is 1.29. The quantitative estimate of drug-likeness (QED) is 0.143. The van der Waals surface area contributed by atoms with Gasteiger partial charge in [0.2, 0.25) is 0 Å². The zero-order chi connectivity index (χ0) is 34.0. The number of anilines is 2. The Morgan fingerprint density at radius 1 is 1.23 bits per heavy atom. The predicted octanol–water partition coefficient (Wildman–Crippen LogP) is 3.75. The maximum absolute atomic E-state index is 15.6. The van der Waals surface area contributed by atoms with Gasteiger partial charge in [0.15, 0.2) is 5.82 Å². The molecule has 4 fully saturated rings. The maximum atomic E-state index is 15.6. The molecule has 0 radical (unpaired) electrons. The summed E-state index contributed by atoms with van der Waals surface area (Å²) < 4.78 is 71.4. The van der Waals surface area contributed by atoms with Crippen molar-refractivity contribution in [2.45, 2.75) is 75.4 Å². The number of aromatic nitrogens is 2. The summed E-state index contributed by atoms with van der Waals surface area (Å²) in [5, 5.41) is 5.05. The van der Waals surface area contributed by atoms with Gasteiger partial charge in [-0.05, 0) is 51.6 Å². The van der Waals surface area contributed by atoms with E-state index in [1.54, 1.807) is 0 Å². The summed E-state index contributed by atoms with van der Waals surface area (Å²) in [5.74, 6) is 3.55. The van der Waals surface area contributed by atoms with Crippen molar-refractivity contribution in [3.63, 3.8) is 0 Å². The Morgan fingerprint density at radius 2 is 2.02 bits per heavy atom. The Hall–Kier alpha value is -4.42. The maximum Gasteiger partial charge on any atom is 0.418 e. The Kier molecular flexibility index (Phi) is 7.78. The number of amides is 3. The van der Waals surface area contributed by atoms with Gasteiger partial charge in [-0.3, -0.25) is 15.0 Å². The van der Waals surface area contributed by atoms with E-state index in [-0.39, 0.29) is 37.7 Å². The zero-order valence-corrected chi connectivity index (χ0v) is 26.4. The molecule has 7 rings (SSSR count). The van der Waals surface area contributed by atoms with Crippen molar-refractivity contribution in [1.82, 2.24) is 25.5 Å². The molecule has 0 bridgehead atoms. The molecule has 6 heterocycles. The monoisotopic (exact) mass is 669 g/mol. The number of carbonyl (C=O) groups is 2. The van der Waals surface area contributed by atoms with E-state index in [4.69, 9.17) is 20.2 Å². The number of ether oxygens (including phenoxy) is 2. The van der Waals surface area contributed by atoms with Crippen molar-refractivity contribution in [3.8, 4) is 17.9 Å². The summed E-state index contributed by atoms with van der Waals surface area (Å²) in [6.07, 6.45) is -2.97. The van der Waals surface area contributed by atoms with Gasteiger partial charge >= 0.3 is 18.2 Å². The van der Waals surface area contributed by atoms with E-state index in [0.717, 1.165) is 44.0 Å². The fourth-order valence-corrected chi connectivity index (χ4v) is 7.98. The summed E-state index contributed by atoms with van der Waals surface area (Å²) in [7, 11) is 0. The first-order valence-corrected chi connectivity index (χ1v) is 15.9. The summed E-state index contributed by atoms with van der Waals surface area (Å²) in [6.45, 7) is 7.82. The van der Waals surface area contributed by atoms with Gasteiger partial charge in [-0.15, -0.1) is 5.92 Å². The van der Waals surface area contributed by atoms with Crippen LogP contribution in [0.25, 0.3) is 0 Å². The number of nitrogen functional groups attached to an aromatic ring is 1. The van der Waals surface area contributed by atoms with E-state index in [2.05, 4.69) is 38.9 Å². The van der Waals surface area contributed by atoms with Crippen molar-refractivity contribution in [2.75, 3.05) is 43.4 Å². The molecule has 4 N–H and O–H groups in total. The molecule has 0 aliphatic carbocycles. The number of nitrogens with zero attached hydrogens (tertiary/aromatic N) is 4. The Labute approximate surface area is 274 Å². The van der Waals surface area contributed by atoms with Gasteiger partial charge in [0.05, 0.1) is 41.7 Å². The molecule has 0 unspecified atom stereocenters. The average molecular weight is 670 g/mol. The topological polar surface area (TPSA) is 135 Å². The smallest absolute Gasteiger partial charge is 0.418 e. The fourth-order valence-electron chi connectivity index (χ4n) is 7.98. The minimum atomic E-state index is -4.95. The van der Waals surface area contributed by atoms with Crippen molar-refractivity contribution >= 4 is 23.4 Å². The Bertz CT molecular complexity index is 1790. The van der Waals surface area contributed by atoms with Crippen molar-refractivity contribution < 1.29 is 36.6 Å². The molecular weight excluding hydrogens is 634 g/mol. The molecule has 1 aromatic carbocycles. The molecule has 0 saturated carbocycles. The number of imide groups is 1. The van der Waals surface area contributed by atoms with E-state index in [1.165, 1.54) is 6.92 Å². The molecule has 15 heteroatoms. The second kappa shape index (κ2) is 11.6. The molecule has 5 aliphatic rings. The molecule has 1 aromatic heterocycles. The minimum Gasteiger partial charge on any atom is -0.461 e. The van der Waals surface area contributed by atoms with E-state index in [1.807, 2.05) is 4.90 Å². The SMILES string of the molecule is C=C1CN2CCC[C@]2(COc2nc3c(c(N4CCC[C@]5(C4)NC(=O)NC5=O)n2)CO[C@H](c2c(F)c(N)cc(C#CC)c2C(F)(F)F)C3)C1. The lowest BCUT2D eigenvalue weighted by Crippen LogP contribution is -2.59. The molecule has 254 valence electrons. The number of hydrogen-bond donors (Lipinski definition) is 3. The van der Waals surface area contributed by atoms with Crippen LogP contribution in [-0.4, -0.2) is 70.7 Å². The summed E-state index contributed by atoms with van der Waals surface area (Å²) >= 11 is 0. The largest absolute Gasteiger partial charge is 0.461 e. The number of piperidine rings is 1. The molecule has 5 aliphatic heterocycles. The van der Waals surface area contributed by atoms with E-state index >= 15 is 4.39 Å². The summed E-state index contributed by atoms with van der Waals surface area (Å²) in [5.41, 5.74) is 3.41. The second-order valence-corrected chi connectivity index (χ2v) is 13.2. The number of alkyl halides is 3. The van der Waals surface area contributed by atoms with Crippen LogP contribution in [0.1, 0.15) is 73.1 Å². The number of carbonyl (C=O) groups excluding carboxylic acids is 2. The molecule has 48 heavy (non-hydrogen) atoms. The van der Waals surface area contributed by atoms with Crippen LogP contribution in [0.15, 0.2) is 18.2 Å². The number of fused-ring (bicyclic) bond motifs is 2. The molecule has 11 nitrogen and oxygen atoms in total. The summed E-state index contributed by atoms with van der Waals surface area (Å²) in [6, 6.07) is 0.302. The van der Waals surface area contributed by atoms with Gasteiger partial charge in [0.1, 0.15) is 18.0 Å². The highest BCUT2D eigenvalue weighted by Crippen LogP contribution is 2.45. The number of hydrogen-bond acceptors (Lipinski definition) is 9. The number of rotatable bonds is 5. The molecule has 3 atom stereocenters. The van der Waals surface area contributed by atoms with Gasteiger partial charge in [-0.25, -0.2) is 9.18 Å². The lowest BCUT2D eigenvalue weighted by Gasteiger charge is -2.40. The van der Waals surface area contributed by atoms with Crippen molar-refractivity contribution in [1.29, 1.82) is 0 Å². The highest BCUT2D eigenvalue weighted by molar-refractivity contribution is 6.07. The van der Waals surface area contributed by atoms with E-state index in [0.29, 0.717) is 36.5 Å². The third kappa shape index (κ3) is 5.40. The van der Waals surface area contributed by atoms with Gasteiger partial charge in [-0.2, -0.15) is 23.1 Å². The van der Waals surface area contributed by atoms with E-state index in [9.17, 15) is 22.8 Å². The van der Waals surface area contributed by atoms with Gasteiger partial charge < -0.3 is 25.4 Å². The zero-order valence-electron chi connectivity index (χ0n) is 26.4. The number of benzene rings is 1. The number of nitrogens with one attached hydrogen (secondary N) is 2. The van der Waals surface area contributed by atoms with Crippen LogP contribution in [0.2, 0.25) is 0 Å². The minimum absolute atomic E-state index is 0.00398. The van der Waals surface area contributed by atoms with Crippen LogP contribution in [0, 0.1) is 17.7 Å². The summed E-state index contributed by atoms with van der Waals surface area (Å²) in [4.78, 5) is 38.6. The number of urea groups is 1. The van der Waals surface area contributed by atoms with Crippen LogP contribution in [0.4, 0.5) is 33.9 Å². The lowest BCUT2D eigenvalue weighted by atomic mass is 9.88. The van der Waals surface area contributed by atoms with Crippen molar-refractivity contribution in [2.24, 2.45) is 0 Å². The molecule has 4 saturated heterocycles. The highest BCUT2D eigenvalue weighted by atomic mass is 19.4. The molecule has 1 spiro atoms. The van der Waals surface area contributed by atoms with Crippen LogP contribution < -0.4 is 26.0 Å². The molecular formula is C33H35F4N7O4. The van der Waals surface area contributed by atoms with Crippen LogP contribution in [0.5, 0.6) is 6.01 Å². The first-order chi connectivity index (χ1) is 22.8. The first kappa shape index (κ1) is 32.1. The van der Waals surface area contributed by atoms with Gasteiger partial charge in [-0.1, -0.05) is 18.1 Å². The molecule has 3 amide bonds. The van der Waals surface area contributed by atoms with Crippen LogP contribution >= 0.6 is 0 Å². The standard InChI is InChI=1S/C33H35F4N7O4/c1-3-6-19-11-21(38)26(34)24(25(19)33(35,36)37)23-12-22-20(15-47-23)27(43-9-5-8-32(16-43)28(45)41-29(46)42-32)40-30(39-22)48-17-31-7-4-10-44(31)14-18(2)13-31/h11,23H,2,4-5,7-10,12-17,38H2,1H3,(H2,41,42,45,46)/t23-,31+,32+/m0/s1. The normalized spacial score (nSPS) is 27.0. The first-order valence-electron chi connectivity index (χ1n) is 15.9. The van der Waals surface area contributed by atoms with Crippen LogP contribution in [0.3, 0.4) is 0 Å². The molecule has 2 aromatic rings. The van der Waals surface area contributed by atoms with Gasteiger partial charge in [0.25, 0.3) is 5.91 Å². The highest BCUT2D eigenvalue weighted by Gasteiger charge is 2.50. The average Bonchev–Trinajstić information content (AvgIpc) is 3.64. The third-order valence-electron chi connectivity index (χ3n) is 10.1. The second-order valence-electron chi connectivity index (χ2n) is 13.2. The van der Waals surface area contributed by atoms with Crippen molar-refractivity contribution in [3.05, 3.63) is 52.0 Å². The van der Waals surface area contributed by atoms with Gasteiger partial charge in [0, 0.05) is 36.2 Å². The third-order valence-corrected chi connectivity index (χ3v) is 10.1. The predicted molar refractivity (Wildman–Crippen MR) is 165 cm³/mol. The lowest BCUT2D eigenvalue weighted by molar-refractivity contribution is -0.140. The fraction of sp³-hybridized carbons (Fsp3) is 0.515.